The Hall–Kier alpha value is -2.37. The maximum absolute atomic E-state index is 12.1. The van der Waals surface area contributed by atoms with Gasteiger partial charge in [-0.2, -0.15) is 0 Å². The molecule has 1 aliphatic rings. The normalized spacial score (nSPS) is 14.8. The summed E-state index contributed by atoms with van der Waals surface area (Å²) in [5.74, 6) is -0.259. The van der Waals surface area contributed by atoms with Crippen molar-refractivity contribution in [1.82, 2.24) is 15.5 Å². The Bertz CT molecular complexity index is 823. The number of nitrogens with zero attached hydrogens (tertiary/aromatic N) is 1. The van der Waals surface area contributed by atoms with Gasteiger partial charge in [0, 0.05) is 49.2 Å². The Morgan fingerprint density at radius 1 is 1.07 bits per heavy atom. The largest absolute Gasteiger partial charge is 0.354 e. The molecule has 0 fully saturated rings. The summed E-state index contributed by atoms with van der Waals surface area (Å²) in [6.07, 6.45) is 1.31. The molecular weight excluding hydrogens is 374 g/mol. The maximum atomic E-state index is 12.1. The van der Waals surface area contributed by atoms with Gasteiger partial charge < -0.3 is 10.6 Å². The molecule has 5 nitrogen and oxygen atoms in total. The van der Waals surface area contributed by atoms with Crippen LogP contribution in [0.1, 0.15) is 34.8 Å². The number of carbonyl (C=O) groups is 2. The van der Waals surface area contributed by atoms with E-state index in [1.807, 2.05) is 0 Å². The SMILES string of the molecule is C[C@@H](CNC(=O)CCNC(=O)c1ccc(Cl)cc1)N1CCc2ccccc2C1. The highest BCUT2D eigenvalue weighted by molar-refractivity contribution is 6.30. The van der Waals surface area contributed by atoms with Crippen molar-refractivity contribution in [3.8, 4) is 0 Å². The third kappa shape index (κ3) is 5.57. The van der Waals surface area contributed by atoms with Crippen molar-refractivity contribution in [3.05, 3.63) is 70.2 Å². The van der Waals surface area contributed by atoms with E-state index in [-0.39, 0.29) is 24.3 Å². The minimum atomic E-state index is -0.204. The highest BCUT2D eigenvalue weighted by Gasteiger charge is 2.20. The lowest BCUT2D eigenvalue weighted by molar-refractivity contribution is -0.121. The minimum absolute atomic E-state index is 0.0549. The van der Waals surface area contributed by atoms with Crippen molar-refractivity contribution in [2.75, 3.05) is 19.6 Å². The first-order valence-electron chi connectivity index (χ1n) is 9.64. The van der Waals surface area contributed by atoms with Gasteiger partial charge in [-0.15, -0.1) is 0 Å². The van der Waals surface area contributed by atoms with Crippen LogP contribution < -0.4 is 10.6 Å². The van der Waals surface area contributed by atoms with Crippen LogP contribution in [-0.2, 0) is 17.8 Å². The highest BCUT2D eigenvalue weighted by atomic mass is 35.5. The Labute approximate surface area is 171 Å². The fourth-order valence-corrected chi connectivity index (χ4v) is 3.49. The van der Waals surface area contributed by atoms with E-state index in [1.165, 1.54) is 11.1 Å². The van der Waals surface area contributed by atoms with Crippen molar-refractivity contribution < 1.29 is 9.59 Å². The summed E-state index contributed by atoms with van der Waals surface area (Å²) in [4.78, 5) is 26.5. The molecule has 0 spiro atoms. The molecule has 0 bridgehead atoms. The highest BCUT2D eigenvalue weighted by Crippen LogP contribution is 2.19. The number of nitrogens with one attached hydrogen (secondary N) is 2. The summed E-state index contributed by atoms with van der Waals surface area (Å²) in [5.41, 5.74) is 3.33. The lowest BCUT2D eigenvalue weighted by Gasteiger charge is -2.33. The predicted molar refractivity (Wildman–Crippen MR) is 111 cm³/mol. The third-order valence-electron chi connectivity index (χ3n) is 5.12. The lowest BCUT2D eigenvalue weighted by atomic mass is 9.99. The van der Waals surface area contributed by atoms with E-state index < -0.39 is 0 Å². The standard InChI is InChI=1S/C22H26ClN3O2/c1-16(26-13-11-17-4-2-3-5-19(17)15-26)14-25-21(27)10-12-24-22(28)18-6-8-20(23)9-7-18/h2-9,16H,10-15H2,1H3,(H,24,28)(H,25,27)/t16-/m0/s1. The molecule has 0 aliphatic carbocycles. The summed E-state index contributed by atoms with van der Waals surface area (Å²) >= 11 is 5.82. The Balaban J connectivity index is 1.36. The van der Waals surface area contributed by atoms with E-state index in [0.29, 0.717) is 23.7 Å². The molecule has 1 heterocycles. The molecule has 2 aromatic rings. The molecule has 0 radical (unpaired) electrons. The molecule has 2 amide bonds. The van der Waals surface area contributed by atoms with Gasteiger partial charge in [-0.3, -0.25) is 14.5 Å². The van der Waals surface area contributed by atoms with Crippen LogP contribution in [0.3, 0.4) is 0 Å². The lowest BCUT2D eigenvalue weighted by Crippen LogP contribution is -2.44. The maximum Gasteiger partial charge on any atom is 0.251 e. The molecular formula is C22H26ClN3O2. The number of halogens is 1. The molecule has 0 saturated heterocycles. The summed E-state index contributed by atoms with van der Waals surface area (Å²) in [6, 6.07) is 15.5. The van der Waals surface area contributed by atoms with E-state index in [0.717, 1.165) is 19.5 Å². The van der Waals surface area contributed by atoms with Gasteiger partial charge in [-0.25, -0.2) is 0 Å². The summed E-state index contributed by atoms with van der Waals surface area (Å²) < 4.78 is 0. The fourth-order valence-electron chi connectivity index (χ4n) is 3.37. The smallest absolute Gasteiger partial charge is 0.251 e. The van der Waals surface area contributed by atoms with E-state index in [4.69, 9.17) is 11.6 Å². The first-order chi connectivity index (χ1) is 13.5. The van der Waals surface area contributed by atoms with Crippen LogP contribution in [0.4, 0.5) is 0 Å². The second kappa shape index (κ2) is 9.71. The van der Waals surface area contributed by atoms with Crippen LogP contribution in [0.25, 0.3) is 0 Å². The van der Waals surface area contributed by atoms with Gasteiger partial charge >= 0.3 is 0 Å². The second-order valence-corrected chi connectivity index (χ2v) is 7.59. The number of hydrogen-bond acceptors (Lipinski definition) is 3. The van der Waals surface area contributed by atoms with E-state index in [2.05, 4.69) is 46.7 Å². The summed E-state index contributed by atoms with van der Waals surface area (Å²) in [5, 5.41) is 6.32. The molecule has 1 atom stereocenters. The zero-order chi connectivity index (χ0) is 19.9. The number of carbonyl (C=O) groups excluding carboxylic acids is 2. The Morgan fingerprint density at radius 2 is 1.79 bits per heavy atom. The number of rotatable bonds is 7. The van der Waals surface area contributed by atoms with Crippen molar-refractivity contribution >= 4 is 23.4 Å². The van der Waals surface area contributed by atoms with E-state index in [9.17, 15) is 9.59 Å². The average Bonchev–Trinajstić information content (AvgIpc) is 2.72. The van der Waals surface area contributed by atoms with Gasteiger partial charge in [-0.05, 0) is 48.7 Å². The van der Waals surface area contributed by atoms with Crippen LogP contribution >= 0.6 is 11.6 Å². The molecule has 28 heavy (non-hydrogen) atoms. The summed E-state index contributed by atoms with van der Waals surface area (Å²) in [7, 11) is 0. The number of fused-ring (bicyclic) bond motifs is 1. The van der Waals surface area contributed by atoms with E-state index >= 15 is 0 Å². The molecule has 3 rings (SSSR count). The van der Waals surface area contributed by atoms with Crippen LogP contribution in [0.2, 0.25) is 5.02 Å². The van der Waals surface area contributed by atoms with Crippen molar-refractivity contribution in [3.63, 3.8) is 0 Å². The monoisotopic (exact) mass is 399 g/mol. The molecule has 0 saturated carbocycles. The Kier molecular flexibility index (Phi) is 7.06. The van der Waals surface area contributed by atoms with E-state index in [1.54, 1.807) is 24.3 Å². The Morgan fingerprint density at radius 3 is 2.54 bits per heavy atom. The second-order valence-electron chi connectivity index (χ2n) is 7.16. The van der Waals surface area contributed by atoms with Crippen molar-refractivity contribution in [2.45, 2.75) is 32.4 Å². The van der Waals surface area contributed by atoms with Gasteiger partial charge in [-0.1, -0.05) is 35.9 Å². The van der Waals surface area contributed by atoms with Gasteiger partial charge in [0.1, 0.15) is 0 Å². The number of hydrogen-bond donors (Lipinski definition) is 2. The topological polar surface area (TPSA) is 61.4 Å². The molecule has 2 N–H and O–H groups in total. The van der Waals surface area contributed by atoms with Gasteiger partial charge in [0.2, 0.25) is 5.91 Å². The molecule has 148 valence electrons. The zero-order valence-electron chi connectivity index (χ0n) is 16.1. The molecule has 2 aromatic carbocycles. The van der Waals surface area contributed by atoms with Gasteiger partial charge in [0.25, 0.3) is 5.91 Å². The molecule has 0 aromatic heterocycles. The quantitative estimate of drug-likeness (QED) is 0.752. The zero-order valence-corrected chi connectivity index (χ0v) is 16.8. The third-order valence-corrected chi connectivity index (χ3v) is 5.37. The van der Waals surface area contributed by atoms with Crippen LogP contribution in [-0.4, -0.2) is 42.4 Å². The van der Waals surface area contributed by atoms with Crippen molar-refractivity contribution in [2.24, 2.45) is 0 Å². The molecule has 1 aliphatic heterocycles. The molecule has 0 unspecified atom stereocenters. The summed E-state index contributed by atoms with van der Waals surface area (Å²) in [6.45, 7) is 4.97. The number of amides is 2. The van der Waals surface area contributed by atoms with Crippen LogP contribution in [0.5, 0.6) is 0 Å². The molecule has 6 heteroatoms. The number of benzene rings is 2. The van der Waals surface area contributed by atoms with Gasteiger partial charge in [0.15, 0.2) is 0 Å². The van der Waals surface area contributed by atoms with Gasteiger partial charge in [0.05, 0.1) is 0 Å². The average molecular weight is 400 g/mol. The predicted octanol–water partition coefficient (Wildman–Crippen LogP) is 3.02. The van der Waals surface area contributed by atoms with Crippen molar-refractivity contribution in [1.29, 1.82) is 0 Å². The first-order valence-corrected chi connectivity index (χ1v) is 10.0. The minimum Gasteiger partial charge on any atom is -0.354 e. The van der Waals surface area contributed by atoms with Crippen LogP contribution in [0.15, 0.2) is 48.5 Å². The first kappa shape index (κ1) is 20.4. The fraction of sp³-hybridized carbons (Fsp3) is 0.364. The van der Waals surface area contributed by atoms with Crippen LogP contribution in [0, 0.1) is 0 Å².